The number of rotatable bonds is 3. The van der Waals surface area contributed by atoms with Crippen LogP contribution in [0.1, 0.15) is 29.2 Å². The molecule has 0 fully saturated rings. The Morgan fingerprint density at radius 3 is 2.71 bits per heavy atom. The number of hydrogen-bond donors (Lipinski definition) is 1. The average Bonchev–Trinajstić information content (AvgIpc) is 2.81. The van der Waals surface area contributed by atoms with Crippen molar-refractivity contribution in [3.05, 3.63) is 63.6 Å². The lowest BCUT2D eigenvalue weighted by molar-refractivity contribution is 0.554. The average molecular weight is 366 g/mol. The van der Waals surface area contributed by atoms with Gasteiger partial charge in [-0.1, -0.05) is 30.3 Å². The molecule has 2 aromatic carbocycles. The Bertz CT molecular complexity index is 787. The van der Waals surface area contributed by atoms with Gasteiger partial charge in [0.2, 0.25) is 10.0 Å². The van der Waals surface area contributed by atoms with Gasteiger partial charge in [0.25, 0.3) is 0 Å². The first-order chi connectivity index (χ1) is 9.97. The van der Waals surface area contributed by atoms with Crippen LogP contribution in [0.4, 0.5) is 0 Å². The maximum absolute atomic E-state index is 12.6. The predicted octanol–water partition coefficient (Wildman–Crippen LogP) is 3.72. The van der Waals surface area contributed by atoms with Crippen molar-refractivity contribution in [2.75, 3.05) is 0 Å². The van der Waals surface area contributed by atoms with E-state index in [0.717, 1.165) is 24.0 Å². The Labute approximate surface area is 133 Å². The zero-order valence-electron chi connectivity index (χ0n) is 11.6. The largest absolute Gasteiger partial charge is 0.242 e. The van der Waals surface area contributed by atoms with Gasteiger partial charge in [-0.25, -0.2) is 13.1 Å². The van der Waals surface area contributed by atoms with Gasteiger partial charge in [0.15, 0.2) is 0 Å². The van der Waals surface area contributed by atoms with Gasteiger partial charge in [-0.2, -0.15) is 0 Å². The SMILES string of the molecule is Cc1ccc(S(=O)(=O)NC2CCc3ccccc32)c(Br)c1. The fraction of sp³-hybridized carbons (Fsp3) is 0.250. The summed E-state index contributed by atoms with van der Waals surface area (Å²) in [6.07, 6.45) is 1.72. The van der Waals surface area contributed by atoms with Crippen LogP contribution < -0.4 is 4.72 Å². The number of fused-ring (bicyclic) bond motifs is 1. The van der Waals surface area contributed by atoms with Crippen LogP contribution in [0.2, 0.25) is 0 Å². The molecule has 0 radical (unpaired) electrons. The summed E-state index contributed by atoms with van der Waals surface area (Å²) in [6, 6.07) is 13.1. The first-order valence-corrected chi connectivity index (χ1v) is 9.11. The van der Waals surface area contributed by atoms with Crippen LogP contribution in [-0.4, -0.2) is 8.42 Å². The fourth-order valence-electron chi connectivity index (χ4n) is 2.75. The molecule has 1 unspecified atom stereocenters. The summed E-state index contributed by atoms with van der Waals surface area (Å²) in [6.45, 7) is 1.93. The molecule has 3 nitrogen and oxygen atoms in total. The van der Waals surface area contributed by atoms with Crippen molar-refractivity contribution in [2.45, 2.75) is 30.7 Å². The highest BCUT2D eigenvalue weighted by molar-refractivity contribution is 9.10. The third kappa shape index (κ3) is 2.91. The Kier molecular flexibility index (Phi) is 3.90. The third-order valence-corrected chi connectivity index (χ3v) is 6.26. The summed E-state index contributed by atoms with van der Waals surface area (Å²) < 4.78 is 28.6. The molecule has 110 valence electrons. The highest BCUT2D eigenvalue weighted by atomic mass is 79.9. The first-order valence-electron chi connectivity index (χ1n) is 6.84. The second-order valence-electron chi connectivity index (χ2n) is 5.35. The van der Waals surface area contributed by atoms with Gasteiger partial charge in [0.05, 0.1) is 4.90 Å². The molecule has 0 heterocycles. The molecule has 0 aliphatic heterocycles. The van der Waals surface area contributed by atoms with Crippen LogP contribution in [0.3, 0.4) is 0 Å². The van der Waals surface area contributed by atoms with Gasteiger partial charge < -0.3 is 0 Å². The molecule has 1 N–H and O–H groups in total. The zero-order chi connectivity index (χ0) is 15.0. The van der Waals surface area contributed by atoms with Gasteiger partial charge >= 0.3 is 0 Å². The lowest BCUT2D eigenvalue weighted by Crippen LogP contribution is -2.27. The molecule has 0 spiro atoms. The van der Waals surface area contributed by atoms with Crippen LogP contribution in [0, 0.1) is 6.92 Å². The molecule has 0 saturated carbocycles. The molecule has 0 aromatic heterocycles. The monoisotopic (exact) mass is 365 g/mol. The maximum Gasteiger partial charge on any atom is 0.242 e. The summed E-state index contributed by atoms with van der Waals surface area (Å²) in [5.74, 6) is 0. The minimum Gasteiger partial charge on any atom is -0.207 e. The van der Waals surface area contributed by atoms with Crippen molar-refractivity contribution >= 4 is 26.0 Å². The van der Waals surface area contributed by atoms with Crippen molar-refractivity contribution in [1.29, 1.82) is 0 Å². The molecule has 21 heavy (non-hydrogen) atoms. The number of hydrogen-bond acceptors (Lipinski definition) is 2. The number of aryl methyl sites for hydroxylation is 2. The molecule has 5 heteroatoms. The van der Waals surface area contributed by atoms with Gasteiger partial charge in [-0.15, -0.1) is 0 Å². The van der Waals surface area contributed by atoms with Crippen molar-refractivity contribution in [3.63, 3.8) is 0 Å². The zero-order valence-corrected chi connectivity index (χ0v) is 14.0. The molecule has 1 aliphatic rings. The van der Waals surface area contributed by atoms with E-state index in [4.69, 9.17) is 0 Å². The molecule has 2 aromatic rings. The highest BCUT2D eigenvalue weighted by Gasteiger charge is 2.28. The molecule has 0 amide bonds. The summed E-state index contributed by atoms with van der Waals surface area (Å²) in [5.41, 5.74) is 3.34. The van der Waals surface area contributed by atoms with Crippen LogP contribution in [-0.2, 0) is 16.4 Å². The summed E-state index contributed by atoms with van der Waals surface area (Å²) in [7, 11) is -3.53. The maximum atomic E-state index is 12.6. The molecule has 0 saturated heterocycles. The number of nitrogens with one attached hydrogen (secondary N) is 1. The molecule has 1 aliphatic carbocycles. The Hall–Kier alpha value is -1.17. The molecule has 1 atom stereocenters. The summed E-state index contributed by atoms with van der Waals surface area (Å²) in [4.78, 5) is 0.289. The second kappa shape index (κ2) is 5.55. The smallest absolute Gasteiger partial charge is 0.207 e. The molecular weight excluding hydrogens is 350 g/mol. The van der Waals surface area contributed by atoms with Gasteiger partial charge in [-0.05, 0) is 64.5 Å². The Balaban J connectivity index is 1.91. The Morgan fingerprint density at radius 2 is 1.95 bits per heavy atom. The molecule has 3 rings (SSSR count). The van der Waals surface area contributed by atoms with Crippen LogP contribution in [0.25, 0.3) is 0 Å². The predicted molar refractivity (Wildman–Crippen MR) is 86.7 cm³/mol. The number of benzene rings is 2. The quantitative estimate of drug-likeness (QED) is 0.900. The van der Waals surface area contributed by atoms with E-state index in [-0.39, 0.29) is 10.9 Å². The van der Waals surface area contributed by atoms with Crippen molar-refractivity contribution in [2.24, 2.45) is 0 Å². The van der Waals surface area contributed by atoms with Gasteiger partial charge in [0.1, 0.15) is 0 Å². The van der Waals surface area contributed by atoms with E-state index in [0.29, 0.717) is 4.47 Å². The van der Waals surface area contributed by atoms with E-state index in [2.05, 4.69) is 26.7 Å². The normalized spacial score (nSPS) is 17.7. The topological polar surface area (TPSA) is 46.2 Å². The standard InChI is InChI=1S/C16H16BrNO2S/c1-11-6-9-16(14(17)10-11)21(19,20)18-15-8-7-12-4-2-3-5-13(12)15/h2-6,9-10,15,18H,7-8H2,1H3. The first kappa shape index (κ1) is 14.8. The van der Waals surface area contributed by atoms with E-state index in [9.17, 15) is 8.42 Å². The van der Waals surface area contributed by atoms with Gasteiger partial charge in [0, 0.05) is 10.5 Å². The lowest BCUT2D eigenvalue weighted by Gasteiger charge is -2.15. The second-order valence-corrected chi connectivity index (χ2v) is 7.88. The van der Waals surface area contributed by atoms with Crippen LogP contribution in [0.5, 0.6) is 0 Å². The van der Waals surface area contributed by atoms with Crippen LogP contribution >= 0.6 is 15.9 Å². The summed E-state index contributed by atoms with van der Waals surface area (Å²) in [5, 5.41) is 0. The van der Waals surface area contributed by atoms with E-state index in [1.807, 2.05) is 37.3 Å². The summed E-state index contributed by atoms with van der Waals surface area (Å²) >= 11 is 3.34. The van der Waals surface area contributed by atoms with E-state index >= 15 is 0 Å². The van der Waals surface area contributed by atoms with Crippen molar-refractivity contribution in [3.8, 4) is 0 Å². The van der Waals surface area contributed by atoms with Crippen molar-refractivity contribution < 1.29 is 8.42 Å². The van der Waals surface area contributed by atoms with E-state index < -0.39 is 10.0 Å². The Morgan fingerprint density at radius 1 is 1.19 bits per heavy atom. The van der Waals surface area contributed by atoms with E-state index in [1.54, 1.807) is 6.07 Å². The lowest BCUT2D eigenvalue weighted by atomic mass is 10.1. The van der Waals surface area contributed by atoms with E-state index in [1.165, 1.54) is 5.56 Å². The van der Waals surface area contributed by atoms with Crippen molar-refractivity contribution in [1.82, 2.24) is 4.72 Å². The molecular formula is C16H16BrNO2S. The number of halogens is 1. The fourth-order valence-corrected chi connectivity index (χ4v) is 5.20. The molecule has 0 bridgehead atoms. The minimum absolute atomic E-state index is 0.139. The number of sulfonamides is 1. The third-order valence-electron chi connectivity index (χ3n) is 3.81. The van der Waals surface area contributed by atoms with Gasteiger partial charge in [-0.3, -0.25) is 0 Å². The minimum atomic E-state index is -3.53. The highest BCUT2D eigenvalue weighted by Crippen LogP contribution is 2.33. The van der Waals surface area contributed by atoms with Crippen LogP contribution in [0.15, 0.2) is 51.8 Å².